The van der Waals surface area contributed by atoms with Crippen molar-refractivity contribution in [2.45, 2.75) is 31.1 Å². The molecule has 8 heteroatoms. The van der Waals surface area contributed by atoms with Crippen LogP contribution in [0.3, 0.4) is 0 Å². The molecule has 1 aliphatic heterocycles. The normalized spacial score (nSPS) is 18.9. The van der Waals surface area contributed by atoms with Gasteiger partial charge in [0.25, 0.3) is 0 Å². The fraction of sp³-hybridized carbons (Fsp3) is 0.526. The molecule has 0 amide bonds. The minimum Gasteiger partial charge on any atom is -0.304 e. The van der Waals surface area contributed by atoms with Gasteiger partial charge in [0.1, 0.15) is 5.82 Å². The maximum atomic E-state index is 13.1. The molecule has 1 unspecified atom stereocenters. The van der Waals surface area contributed by atoms with E-state index in [0.717, 1.165) is 30.8 Å². The number of hydrogen-bond acceptors (Lipinski definition) is 4. The first kappa shape index (κ1) is 20.0. The van der Waals surface area contributed by atoms with Crippen molar-refractivity contribution in [1.82, 2.24) is 19.0 Å². The van der Waals surface area contributed by atoms with Gasteiger partial charge < -0.3 is 4.90 Å². The Labute approximate surface area is 160 Å². The molecule has 0 N–H and O–H groups in total. The lowest BCUT2D eigenvalue weighted by atomic mass is 9.96. The Morgan fingerprint density at radius 2 is 1.96 bits per heavy atom. The van der Waals surface area contributed by atoms with E-state index in [2.05, 4.69) is 16.1 Å². The van der Waals surface area contributed by atoms with E-state index in [0.29, 0.717) is 18.7 Å². The van der Waals surface area contributed by atoms with Gasteiger partial charge in [-0.1, -0.05) is 12.1 Å². The topological polar surface area (TPSA) is 58.4 Å². The number of hydrogen-bond donors (Lipinski definition) is 0. The lowest BCUT2D eigenvalue weighted by Crippen LogP contribution is -2.39. The predicted molar refractivity (Wildman–Crippen MR) is 103 cm³/mol. The highest BCUT2D eigenvalue weighted by Crippen LogP contribution is 2.29. The first-order valence-electron chi connectivity index (χ1n) is 9.14. The van der Waals surface area contributed by atoms with E-state index in [9.17, 15) is 12.8 Å². The molecule has 148 valence electrons. The zero-order valence-corrected chi connectivity index (χ0v) is 16.9. The van der Waals surface area contributed by atoms with Crippen molar-refractivity contribution in [3.05, 3.63) is 53.1 Å². The summed E-state index contributed by atoms with van der Waals surface area (Å²) >= 11 is 0. The molecular formula is C19H27FN4O2S. The number of sulfonamides is 1. The minimum atomic E-state index is -3.44. The molecule has 1 saturated heterocycles. The van der Waals surface area contributed by atoms with E-state index < -0.39 is 10.0 Å². The maximum absolute atomic E-state index is 13.1. The molecule has 1 aromatic heterocycles. The van der Waals surface area contributed by atoms with Crippen LogP contribution in [0.15, 0.2) is 30.3 Å². The molecule has 6 nitrogen and oxygen atoms in total. The van der Waals surface area contributed by atoms with Crippen LogP contribution in [0.2, 0.25) is 0 Å². The molecule has 0 radical (unpaired) electrons. The van der Waals surface area contributed by atoms with Crippen LogP contribution in [0.25, 0.3) is 0 Å². The highest BCUT2D eigenvalue weighted by molar-refractivity contribution is 7.88. The summed E-state index contributed by atoms with van der Waals surface area (Å²) in [6.07, 6.45) is 1.74. The molecule has 1 fully saturated rings. The summed E-state index contributed by atoms with van der Waals surface area (Å²) in [5.41, 5.74) is 2.67. The van der Waals surface area contributed by atoms with Gasteiger partial charge in [-0.3, -0.25) is 4.68 Å². The lowest BCUT2D eigenvalue weighted by molar-refractivity contribution is 0.311. The Kier molecular flexibility index (Phi) is 5.98. The Morgan fingerprint density at radius 1 is 1.26 bits per heavy atom. The Bertz CT molecular complexity index is 878. The number of rotatable bonds is 6. The number of nitrogens with zero attached hydrogens (tertiary/aromatic N) is 4. The number of benzene rings is 1. The standard InChI is InChI=1S/C19H27FN4O2S/c1-22(2)13-18-11-19(21-23(18)3)16-5-4-10-24(12-16)27(25,26)14-15-6-8-17(20)9-7-15/h6-9,11,16H,4-5,10,12-14H2,1-3H3. The summed E-state index contributed by atoms with van der Waals surface area (Å²) in [6.45, 7) is 1.77. The van der Waals surface area contributed by atoms with Crippen molar-refractivity contribution in [2.24, 2.45) is 7.05 Å². The van der Waals surface area contributed by atoms with Crippen LogP contribution in [0.5, 0.6) is 0 Å². The van der Waals surface area contributed by atoms with Crippen LogP contribution in [0, 0.1) is 5.82 Å². The fourth-order valence-corrected chi connectivity index (χ4v) is 5.13. The lowest BCUT2D eigenvalue weighted by Gasteiger charge is -2.31. The first-order chi connectivity index (χ1) is 12.7. The number of aryl methyl sites for hydroxylation is 1. The molecule has 1 atom stereocenters. The molecule has 0 bridgehead atoms. The zero-order chi connectivity index (χ0) is 19.6. The highest BCUT2D eigenvalue weighted by atomic mass is 32.2. The van der Waals surface area contributed by atoms with Gasteiger partial charge in [-0.25, -0.2) is 17.1 Å². The second-order valence-electron chi connectivity index (χ2n) is 7.50. The van der Waals surface area contributed by atoms with E-state index in [4.69, 9.17) is 0 Å². The van der Waals surface area contributed by atoms with Crippen LogP contribution in [0.1, 0.15) is 35.7 Å². The average Bonchev–Trinajstić information content (AvgIpc) is 2.97. The van der Waals surface area contributed by atoms with Crippen LogP contribution in [-0.4, -0.2) is 54.6 Å². The summed E-state index contributed by atoms with van der Waals surface area (Å²) in [4.78, 5) is 2.08. The summed E-state index contributed by atoms with van der Waals surface area (Å²) in [5, 5.41) is 4.62. The second-order valence-corrected chi connectivity index (χ2v) is 9.47. The third-order valence-electron chi connectivity index (χ3n) is 4.93. The maximum Gasteiger partial charge on any atom is 0.218 e. The average molecular weight is 395 g/mol. The van der Waals surface area contributed by atoms with E-state index >= 15 is 0 Å². The first-order valence-corrected chi connectivity index (χ1v) is 10.8. The molecule has 27 heavy (non-hydrogen) atoms. The van der Waals surface area contributed by atoms with Gasteiger partial charge in [0, 0.05) is 32.6 Å². The molecular weight excluding hydrogens is 367 g/mol. The Hall–Kier alpha value is -1.77. The van der Waals surface area contributed by atoms with Gasteiger partial charge in [0.2, 0.25) is 10.0 Å². The van der Waals surface area contributed by atoms with E-state index in [1.165, 1.54) is 24.3 Å². The monoisotopic (exact) mass is 394 g/mol. The van der Waals surface area contributed by atoms with Gasteiger partial charge in [-0.15, -0.1) is 0 Å². The largest absolute Gasteiger partial charge is 0.304 e. The Balaban J connectivity index is 1.72. The molecule has 0 aliphatic carbocycles. The quantitative estimate of drug-likeness (QED) is 0.755. The third kappa shape index (κ3) is 4.94. The van der Waals surface area contributed by atoms with E-state index in [1.807, 2.05) is 25.8 Å². The van der Waals surface area contributed by atoms with Crippen molar-refractivity contribution >= 4 is 10.0 Å². The zero-order valence-electron chi connectivity index (χ0n) is 16.1. The van der Waals surface area contributed by atoms with Crippen LogP contribution >= 0.6 is 0 Å². The van der Waals surface area contributed by atoms with Gasteiger partial charge in [-0.2, -0.15) is 5.10 Å². The van der Waals surface area contributed by atoms with Crippen molar-refractivity contribution in [3.8, 4) is 0 Å². The van der Waals surface area contributed by atoms with Gasteiger partial charge in [0.05, 0.1) is 17.1 Å². The van der Waals surface area contributed by atoms with Gasteiger partial charge >= 0.3 is 0 Å². The number of halogens is 1. The highest BCUT2D eigenvalue weighted by Gasteiger charge is 2.31. The Morgan fingerprint density at radius 3 is 2.63 bits per heavy atom. The van der Waals surface area contributed by atoms with E-state index in [-0.39, 0.29) is 17.5 Å². The SMILES string of the molecule is CN(C)Cc1cc(C2CCCN(S(=O)(=O)Cc3ccc(F)cc3)C2)nn1C. The predicted octanol–water partition coefficient (Wildman–Crippen LogP) is 2.33. The van der Waals surface area contributed by atoms with Crippen molar-refractivity contribution in [2.75, 3.05) is 27.2 Å². The van der Waals surface area contributed by atoms with Gasteiger partial charge in [0.15, 0.2) is 0 Å². The summed E-state index contributed by atoms with van der Waals surface area (Å²) < 4.78 is 42.2. The molecule has 1 aliphatic rings. The third-order valence-corrected chi connectivity index (χ3v) is 6.75. The molecule has 0 spiro atoms. The molecule has 0 saturated carbocycles. The molecule has 2 heterocycles. The van der Waals surface area contributed by atoms with Gasteiger partial charge in [-0.05, 0) is 50.7 Å². The minimum absolute atomic E-state index is 0.101. The molecule has 1 aromatic carbocycles. The van der Waals surface area contributed by atoms with Crippen molar-refractivity contribution in [1.29, 1.82) is 0 Å². The van der Waals surface area contributed by atoms with Crippen LogP contribution in [-0.2, 0) is 29.4 Å². The molecule has 2 aromatic rings. The van der Waals surface area contributed by atoms with Crippen molar-refractivity contribution in [3.63, 3.8) is 0 Å². The number of piperidine rings is 1. The number of aromatic nitrogens is 2. The van der Waals surface area contributed by atoms with E-state index in [1.54, 1.807) is 4.31 Å². The molecule has 3 rings (SSSR count). The summed E-state index contributed by atoms with van der Waals surface area (Å²) in [5.74, 6) is -0.365. The van der Waals surface area contributed by atoms with Crippen LogP contribution in [0.4, 0.5) is 4.39 Å². The summed E-state index contributed by atoms with van der Waals surface area (Å²) in [6, 6.07) is 7.73. The van der Waals surface area contributed by atoms with Crippen LogP contribution < -0.4 is 0 Å². The summed E-state index contributed by atoms with van der Waals surface area (Å²) in [7, 11) is 2.50. The fourth-order valence-electron chi connectivity index (χ4n) is 3.52. The second kappa shape index (κ2) is 8.08. The smallest absolute Gasteiger partial charge is 0.218 e. The van der Waals surface area contributed by atoms with Crippen molar-refractivity contribution < 1.29 is 12.8 Å².